The maximum atomic E-state index is 11.3. The Balaban J connectivity index is 2.11. The molecule has 0 fully saturated rings. The average molecular weight is 225 g/mol. The van der Waals surface area contributed by atoms with Crippen molar-refractivity contribution in [2.45, 2.75) is 12.8 Å². The molecular formula is C14H11NO2. The second-order valence-corrected chi connectivity index (χ2v) is 4.22. The Hall–Kier alpha value is -2.16. The van der Waals surface area contributed by atoms with Gasteiger partial charge in [-0.25, -0.2) is 4.99 Å². The van der Waals surface area contributed by atoms with E-state index in [0.717, 1.165) is 35.4 Å². The van der Waals surface area contributed by atoms with Gasteiger partial charge in [0.2, 0.25) is 0 Å². The zero-order valence-corrected chi connectivity index (χ0v) is 9.18. The third-order valence-corrected chi connectivity index (χ3v) is 3.02. The molecule has 17 heavy (non-hydrogen) atoms. The molecule has 0 amide bonds. The molecule has 0 spiro atoms. The summed E-state index contributed by atoms with van der Waals surface area (Å²) in [7, 11) is 0. The molecule has 3 nitrogen and oxygen atoms in total. The molecule has 3 heteroatoms. The van der Waals surface area contributed by atoms with E-state index in [0.29, 0.717) is 0 Å². The summed E-state index contributed by atoms with van der Waals surface area (Å²) in [6.45, 7) is 0. The number of carbonyl (C=O) groups is 1. The van der Waals surface area contributed by atoms with E-state index in [4.69, 9.17) is 0 Å². The molecule has 0 atom stereocenters. The summed E-state index contributed by atoms with van der Waals surface area (Å²) in [4.78, 5) is 15.8. The largest absolute Gasteiger partial charge is 0.508 e. The van der Waals surface area contributed by atoms with E-state index in [-0.39, 0.29) is 11.5 Å². The minimum atomic E-state index is 0.0211. The van der Waals surface area contributed by atoms with Crippen molar-refractivity contribution in [3.63, 3.8) is 0 Å². The lowest BCUT2D eigenvalue weighted by atomic mass is 9.97. The van der Waals surface area contributed by atoms with E-state index >= 15 is 0 Å². The minimum Gasteiger partial charge on any atom is -0.508 e. The van der Waals surface area contributed by atoms with Gasteiger partial charge in [-0.1, -0.05) is 0 Å². The van der Waals surface area contributed by atoms with E-state index in [1.165, 1.54) is 6.08 Å². The van der Waals surface area contributed by atoms with Crippen molar-refractivity contribution in [3.8, 4) is 5.75 Å². The van der Waals surface area contributed by atoms with Crippen LogP contribution in [-0.2, 0) is 11.2 Å². The van der Waals surface area contributed by atoms with Gasteiger partial charge in [0.1, 0.15) is 5.75 Å². The SMILES string of the molecule is O=C1C=CC2=Nc3ccc(O)cc3CCC2=C1. The standard InChI is InChI=1S/C14H11NO2/c16-11-3-5-13-9(7-11)1-2-10-8-12(17)4-6-14(10)15-13/h3-8,16H,1-2H2. The summed E-state index contributed by atoms with van der Waals surface area (Å²) in [6, 6.07) is 5.18. The van der Waals surface area contributed by atoms with Gasteiger partial charge in [-0.3, -0.25) is 4.79 Å². The maximum Gasteiger partial charge on any atom is 0.179 e. The van der Waals surface area contributed by atoms with Gasteiger partial charge in [0.05, 0.1) is 11.4 Å². The fraction of sp³-hybridized carbons (Fsp3) is 0.143. The van der Waals surface area contributed by atoms with Crippen LogP contribution in [0, 0.1) is 0 Å². The number of nitrogens with zero attached hydrogens (tertiary/aromatic N) is 1. The van der Waals surface area contributed by atoms with Crippen LogP contribution in [0.5, 0.6) is 5.75 Å². The number of phenolic OH excluding ortho intramolecular Hbond substituents is 1. The Kier molecular flexibility index (Phi) is 2.18. The number of hydrogen-bond donors (Lipinski definition) is 1. The van der Waals surface area contributed by atoms with Crippen LogP contribution in [0.4, 0.5) is 5.69 Å². The average Bonchev–Trinajstić information content (AvgIpc) is 2.48. The van der Waals surface area contributed by atoms with Crippen LogP contribution >= 0.6 is 0 Å². The summed E-state index contributed by atoms with van der Waals surface area (Å²) in [5.74, 6) is 0.280. The number of aliphatic imine (C=N–C) groups is 1. The highest BCUT2D eigenvalue weighted by Gasteiger charge is 2.16. The molecule has 0 saturated heterocycles. The molecule has 0 unspecified atom stereocenters. The van der Waals surface area contributed by atoms with Crippen molar-refractivity contribution in [2.75, 3.05) is 0 Å². The molecule has 1 aromatic rings. The van der Waals surface area contributed by atoms with E-state index in [1.807, 2.05) is 6.07 Å². The first kappa shape index (κ1) is 10.0. The summed E-state index contributed by atoms with van der Waals surface area (Å²) < 4.78 is 0. The highest BCUT2D eigenvalue weighted by molar-refractivity contribution is 6.20. The molecule has 1 aromatic carbocycles. The number of hydrogen-bond acceptors (Lipinski definition) is 3. The quantitative estimate of drug-likeness (QED) is 0.689. The van der Waals surface area contributed by atoms with Crippen LogP contribution in [-0.4, -0.2) is 16.6 Å². The van der Waals surface area contributed by atoms with Gasteiger partial charge in [0.25, 0.3) is 0 Å². The van der Waals surface area contributed by atoms with Crippen molar-refractivity contribution >= 4 is 17.2 Å². The van der Waals surface area contributed by atoms with E-state index < -0.39 is 0 Å². The van der Waals surface area contributed by atoms with E-state index in [9.17, 15) is 9.90 Å². The van der Waals surface area contributed by atoms with Crippen LogP contribution < -0.4 is 0 Å². The number of rotatable bonds is 0. The normalized spacial score (nSPS) is 17.8. The molecule has 1 N–H and O–H groups in total. The van der Waals surface area contributed by atoms with Gasteiger partial charge < -0.3 is 5.11 Å². The lowest BCUT2D eigenvalue weighted by Crippen LogP contribution is -2.07. The Morgan fingerprint density at radius 3 is 2.94 bits per heavy atom. The van der Waals surface area contributed by atoms with E-state index in [2.05, 4.69) is 4.99 Å². The fourth-order valence-corrected chi connectivity index (χ4v) is 2.15. The van der Waals surface area contributed by atoms with Crippen LogP contribution in [0.1, 0.15) is 12.0 Å². The monoisotopic (exact) mass is 225 g/mol. The number of phenols is 1. The molecule has 0 saturated carbocycles. The summed E-state index contributed by atoms with van der Waals surface area (Å²) in [5, 5.41) is 9.45. The second kappa shape index (κ2) is 3.70. The molecule has 1 aliphatic heterocycles. The Morgan fingerprint density at radius 1 is 1.18 bits per heavy atom. The third-order valence-electron chi connectivity index (χ3n) is 3.02. The summed E-state index contributed by atoms with van der Waals surface area (Å²) >= 11 is 0. The smallest absolute Gasteiger partial charge is 0.179 e. The molecule has 3 rings (SSSR count). The van der Waals surface area contributed by atoms with Crippen LogP contribution in [0.2, 0.25) is 0 Å². The number of aromatic hydroxyl groups is 1. The topological polar surface area (TPSA) is 49.7 Å². The summed E-state index contributed by atoms with van der Waals surface area (Å²) in [5.41, 5.74) is 3.73. The van der Waals surface area contributed by atoms with Gasteiger partial charge >= 0.3 is 0 Å². The highest BCUT2D eigenvalue weighted by atomic mass is 16.3. The predicted molar refractivity (Wildman–Crippen MR) is 65.8 cm³/mol. The zero-order valence-electron chi connectivity index (χ0n) is 9.18. The first-order valence-corrected chi connectivity index (χ1v) is 5.56. The highest BCUT2D eigenvalue weighted by Crippen LogP contribution is 2.31. The number of carbonyl (C=O) groups excluding carboxylic acids is 1. The number of ketones is 1. The molecule has 84 valence electrons. The van der Waals surface area contributed by atoms with E-state index in [1.54, 1.807) is 24.3 Å². The number of fused-ring (bicyclic) bond motifs is 2. The summed E-state index contributed by atoms with van der Waals surface area (Å²) in [6.07, 6.45) is 6.52. The lowest BCUT2D eigenvalue weighted by Gasteiger charge is -2.06. The van der Waals surface area contributed by atoms with Gasteiger partial charge in [0.15, 0.2) is 5.78 Å². The Morgan fingerprint density at radius 2 is 2.06 bits per heavy atom. The molecule has 0 aromatic heterocycles. The van der Waals surface area contributed by atoms with Crippen LogP contribution in [0.3, 0.4) is 0 Å². The maximum absolute atomic E-state index is 11.3. The molecule has 0 bridgehead atoms. The Bertz CT molecular complexity index is 594. The van der Waals surface area contributed by atoms with Gasteiger partial charge in [0, 0.05) is 0 Å². The Labute approximate surface area is 98.8 Å². The molecular weight excluding hydrogens is 214 g/mol. The van der Waals surface area contributed by atoms with Crippen molar-refractivity contribution in [1.82, 2.24) is 0 Å². The molecule has 0 radical (unpaired) electrons. The van der Waals surface area contributed by atoms with Crippen molar-refractivity contribution in [2.24, 2.45) is 4.99 Å². The van der Waals surface area contributed by atoms with Crippen molar-refractivity contribution < 1.29 is 9.90 Å². The first-order valence-electron chi connectivity index (χ1n) is 5.56. The van der Waals surface area contributed by atoms with Gasteiger partial charge in [-0.05, 0) is 60.4 Å². The zero-order chi connectivity index (χ0) is 11.8. The number of allylic oxidation sites excluding steroid dienone is 4. The van der Waals surface area contributed by atoms with Gasteiger partial charge in [-0.2, -0.15) is 0 Å². The molecule has 1 aliphatic carbocycles. The predicted octanol–water partition coefficient (Wildman–Crippen LogP) is 2.48. The minimum absolute atomic E-state index is 0.0211. The van der Waals surface area contributed by atoms with Crippen LogP contribution in [0.25, 0.3) is 0 Å². The fourth-order valence-electron chi connectivity index (χ4n) is 2.15. The van der Waals surface area contributed by atoms with Crippen molar-refractivity contribution in [1.29, 1.82) is 0 Å². The molecule has 1 heterocycles. The molecule has 2 aliphatic rings. The van der Waals surface area contributed by atoms with Crippen LogP contribution in [0.15, 0.2) is 47.0 Å². The number of benzene rings is 1. The van der Waals surface area contributed by atoms with Crippen molar-refractivity contribution in [3.05, 3.63) is 47.6 Å². The lowest BCUT2D eigenvalue weighted by molar-refractivity contribution is -0.110. The van der Waals surface area contributed by atoms with Gasteiger partial charge in [-0.15, -0.1) is 0 Å². The first-order chi connectivity index (χ1) is 8.22. The third kappa shape index (κ3) is 1.80. The second-order valence-electron chi connectivity index (χ2n) is 4.22. The number of aryl methyl sites for hydroxylation is 1.